The van der Waals surface area contributed by atoms with Gasteiger partial charge in [-0.2, -0.15) is 0 Å². The molecule has 1 saturated heterocycles. The molecule has 0 aromatic carbocycles. The van der Waals surface area contributed by atoms with E-state index in [9.17, 15) is 5.11 Å². The number of hydrogen-bond donors (Lipinski definition) is 2. The van der Waals surface area contributed by atoms with Gasteiger partial charge in [-0.1, -0.05) is 0 Å². The minimum absolute atomic E-state index is 0.0749. The van der Waals surface area contributed by atoms with Crippen LogP contribution in [0, 0.1) is 0 Å². The van der Waals surface area contributed by atoms with Crippen LogP contribution in [0.25, 0.3) is 11.2 Å². The van der Waals surface area contributed by atoms with Crippen LogP contribution >= 0.6 is 0 Å². The third kappa shape index (κ3) is 1.62. The molecule has 0 spiro atoms. The van der Waals surface area contributed by atoms with Gasteiger partial charge >= 0.3 is 0 Å². The molecule has 0 radical (unpaired) electrons. The number of ether oxygens (including phenoxy) is 1. The van der Waals surface area contributed by atoms with Gasteiger partial charge in [-0.25, -0.2) is 15.0 Å². The Morgan fingerprint density at radius 3 is 2.95 bits per heavy atom. The molecular formula is C12H15N5O2. The molecule has 0 amide bonds. The average molecular weight is 261 g/mol. The Bertz CT molecular complexity index is 636. The number of nitrogens with zero attached hydrogens (tertiary/aromatic N) is 4. The van der Waals surface area contributed by atoms with Gasteiger partial charge in [0.05, 0.1) is 18.0 Å². The summed E-state index contributed by atoms with van der Waals surface area (Å²) >= 11 is 0. The number of nitrogen functional groups attached to an aromatic ring is 1. The summed E-state index contributed by atoms with van der Waals surface area (Å²) in [5.41, 5.74) is 6.45. The van der Waals surface area contributed by atoms with Crippen molar-refractivity contribution in [2.45, 2.75) is 43.6 Å². The summed E-state index contributed by atoms with van der Waals surface area (Å²) in [5.74, 6) is 0.374. The second-order valence-electron chi connectivity index (χ2n) is 5.34. The van der Waals surface area contributed by atoms with E-state index < -0.39 is 5.60 Å². The predicted molar refractivity (Wildman–Crippen MR) is 67.1 cm³/mol. The Hall–Kier alpha value is -1.73. The fraction of sp³-hybridized carbons (Fsp3) is 0.583. The summed E-state index contributed by atoms with van der Waals surface area (Å²) in [6.07, 6.45) is 6.29. The summed E-state index contributed by atoms with van der Waals surface area (Å²) in [4.78, 5) is 12.4. The van der Waals surface area contributed by atoms with Gasteiger partial charge in [0.1, 0.15) is 18.1 Å². The maximum absolute atomic E-state index is 10.1. The lowest BCUT2D eigenvalue weighted by Gasteiger charge is -2.18. The molecule has 2 aromatic rings. The second kappa shape index (κ2) is 3.64. The van der Waals surface area contributed by atoms with Crippen LogP contribution in [0.1, 0.15) is 31.9 Å². The van der Waals surface area contributed by atoms with Crippen LogP contribution in [-0.4, -0.2) is 36.3 Å². The third-order valence-corrected chi connectivity index (χ3v) is 4.06. The van der Waals surface area contributed by atoms with Gasteiger partial charge in [0, 0.05) is 0 Å². The zero-order valence-corrected chi connectivity index (χ0v) is 10.4. The molecule has 7 nitrogen and oxygen atoms in total. The summed E-state index contributed by atoms with van der Waals surface area (Å²) < 4.78 is 7.83. The van der Waals surface area contributed by atoms with Crippen molar-refractivity contribution in [1.29, 1.82) is 0 Å². The molecule has 2 aromatic heterocycles. The smallest absolute Gasteiger partial charge is 0.167 e. The quantitative estimate of drug-likeness (QED) is 0.821. The lowest BCUT2D eigenvalue weighted by molar-refractivity contribution is -0.0699. The molecule has 1 aliphatic heterocycles. The highest BCUT2D eigenvalue weighted by molar-refractivity contribution is 5.81. The third-order valence-electron chi connectivity index (χ3n) is 4.06. The highest BCUT2D eigenvalue weighted by Gasteiger charge is 2.51. The lowest BCUT2D eigenvalue weighted by atomic mass is 10.1. The van der Waals surface area contributed by atoms with E-state index in [1.807, 2.05) is 4.57 Å². The number of hydrogen-bond acceptors (Lipinski definition) is 6. The molecule has 2 aliphatic rings. The van der Waals surface area contributed by atoms with Crippen molar-refractivity contribution in [3.63, 3.8) is 0 Å². The summed E-state index contributed by atoms with van der Waals surface area (Å²) in [6, 6.07) is 0. The molecule has 100 valence electrons. The molecule has 7 heteroatoms. The molecule has 2 atom stereocenters. The van der Waals surface area contributed by atoms with E-state index in [1.54, 1.807) is 6.33 Å². The molecule has 0 bridgehead atoms. The van der Waals surface area contributed by atoms with Gasteiger partial charge < -0.3 is 15.6 Å². The number of fused-ring (bicyclic) bond motifs is 1. The number of anilines is 1. The second-order valence-corrected chi connectivity index (χ2v) is 5.34. The first-order valence-electron chi connectivity index (χ1n) is 6.48. The van der Waals surface area contributed by atoms with Crippen LogP contribution in [0.2, 0.25) is 0 Å². The van der Waals surface area contributed by atoms with E-state index in [-0.39, 0.29) is 12.3 Å². The van der Waals surface area contributed by atoms with Crippen molar-refractivity contribution >= 4 is 17.0 Å². The van der Waals surface area contributed by atoms with Crippen LogP contribution in [0.3, 0.4) is 0 Å². The first-order chi connectivity index (χ1) is 9.17. The molecule has 3 heterocycles. The van der Waals surface area contributed by atoms with Gasteiger partial charge in [0.15, 0.2) is 11.5 Å². The van der Waals surface area contributed by atoms with Crippen molar-refractivity contribution < 1.29 is 9.84 Å². The summed E-state index contributed by atoms with van der Waals surface area (Å²) in [6.45, 7) is 0. The van der Waals surface area contributed by atoms with Crippen LogP contribution in [0.15, 0.2) is 12.7 Å². The van der Waals surface area contributed by atoms with Crippen LogP contribution in [-0.2, 0) is 4.74 Å². The van der Waals surface area contributed by atoms with E-state index in [4.69, 9.17) is 10.5 Å². The van der Waals surface area contributed by atoms with Gasteiger partial charge in [-0.3, -0.25) is 4.57 Å². The van der Waals surface area contributed by atoms with E-state index in [1.165, 1.54) is 6.33 Å². The van der Waals surface area contributed by atoms with Gasteiger partial charge in [-0.15, -0.1) is 0 Å². The zero-order chi connectivity index (χ0) is 13.0. The van der Waals surface area contributed by atoms with E-state index in [0.717, 1.165) is 25.7 Å². The highest BCUT2D eigenvalue weighted by atomic mass is 16.5. The minimum Gasteiger partial charge on any atom is -0.387 e. The Balaban J connectivity index is 1.66. The maximum Gasteiger partial charge on any atom is 0.167 e. The van der Waals surface area contributed by atoms with Crippen molar-refractivity contribution in [3.8, 4) is 0 Å². The van der Waals surface area contributed by atoms with Crippen LogP contribution in [0.4, 0.5) is 5.82 Å². The lowest BCUT2D eigenvalue weighted by Crippen LogP contribution is -2.27. The fourth-order valence-corrected chi connectivity index (χ4v) is 2.75. The molecule has 2 fully saturated rings. The molecule has 1 aliphatic carbocycles. The summed E-state index contributed by atoms with van der Waals surface area (Å²) in [5, 5.41) is 10.1. The fourth-order valence-electron chi connectivity index (χ4n) is 2.75. The van der Waals surface area contributed by atoms with Gasteiger partial charge in [-0.05, 0) is 25.7 Å². The first-order valence-corrected chi connectivity index (χ1v) is 6.48. The van der Waals surface area contributed by atoms with Crippen molar-refractivity contribution in [2.24, 2.45) is 0 Å². The molecule has 19 heavy (non-hydrogen) atoms. The maximum atomic E-state index is 10.1. The van der Waals surface area contributed by atoms with E-state index in [2.05, 4.69) is 15.0 Å². The largest absolute Gasteiger partial charge is 0.387 e. The predicted octanol–water partition coefficient (Wildman–Crippen LogP) is 0.611. The molecular weight excluding hydrogens is 246 g/mol. The van der Waals surface area contributed by atoms with Crippen LogP contribution < -0.4 is 5.73 Å². The van der Waals surface area contributed by atoms with Gasteiger partial charge in [0.25, 0.3) is 0 Å². The van der Waals surface area contributed by atoms with Crippen molar-refractivity contribution in [1.82, 2.24) is 19.5 Å². The monoisotopic (exact) mass is 261 g/mol. The standard InChI is InChI=1S/C12H15N5O2/c13-10-9-11(15-5-14-10)17(6-16-9)8-2-1-7(19-8)12(18)3-4-12/h5-8,18H,1-4H2,(H2,13,14,15)/t7-,8+/m0/s1. The minimum atomic E-state index is -0.598. The van der Waals surface area contributed by atoms with E-state index in [0.29, 0.717) is 17.0 Å². The molecule has 3 N–H and O–H groups in total. The van der Waals surface area contributed by atoms with E-state index >= 15 is 0 Å². The molecule has 0 unspecified atom stereocenters. The highest BCUT2D eigenvalue weighted by Crippen LogP contribution is 2.46. The Kier molecular flexibility index (Phi) is 2.13. The summed E-state index contributed by atoms with van der Waals surface area (Å²) in [7, 11) is 0. The van der Waals surface area contributed by atoms with Crippen molar-refractivity contribution in [2.75, 3.05) is 5.73 Å². The number of aliphatic hydroxyl groups is 1. The Morgan fingerprint density at radius 1 is 1.32 bits per heavy atom. The Morgan fingerprint density at radius 2 is 2.16 bits per heavy atom. The van der Waals surface area contributed by atoms with Crippen LogP contribution in [0.5, 0.6) is 0 Å². The SMILES string of the molecule is Nc1ncnc2c1ncn2[C@H]1CC[C@@H](C2(O)CC2)O1. The number of nitrogens with two attached hydrogens (primary N) is 1. The molecule has 4 rings (SSSR count). The number of aromatic nitrogens is 4. The van der Waals surface area contributed by atoms with Crippen molar-refractivity contribution in [3.05, 3.63) is 12.7 Å². The van der Waals surface area contributed by atoms with Gasteiger partial charge in [0.2, 0.25) is 0 Å². The first kappa shape index (κ1) is 11.1. The zero-order valence-electron chi connectivity index (χ0n) is 10.4. The average Bonchev–Trinajstić information content (AvgIpc) is 2.83. The topological polar surface area (TPSA) is 99.1 Å². The number of rotatable bonds is 2. The molecule has 1 saturated carbocycles. The normalized spacial score (nSPS) is 28.9. The number of imidazole rings is 1. The Labute approximate surface area is 109 Å².